The van der Waals surface area contributed by atoms with Gasteiger partial charge >= 0.3 is 0 Å². The van der Waals surface area contributed by atoms with Gasteiger partial charge in [-0.3, -0.25) is 4.98 Å². The molecule has 1 saturated carbocycles. The van der Waals surface area contributed by atoms with E-state index in [0.29, 0.717) is 6.54 Å². The van der Waals surface area contributed by atoms with Crippen LogP contribution in [0.3, 0.4) is 0 Å². The van der Waals surface area contributed by atoms with Gasteiger partial charge in [-0.25, -0.2) is 8.42 Å². The summed E-state index contributed by atoms with van der Waals surface area (Å²) in [5.74, 6) is 0.274. The molecular formula is C18H24N2O2S. The summed E-state index contributed by atoms with van der Waals surface area (Å²) >= 11 is 0. The largest absolute Gasteiger partial charge is 0.384 e. The van der Waals surface area contributed by atoms with E-state index in [-0.39, 0.29) is 11.2 Å². The zero-order valence-electron chi connectivity index (χ0n) is 14.0. The van der Waals surface area contributed by atoms with Gasteiger partial charge in [-0.15, -0.1) is 0 Å². The number of aromatic nitrogens is 1. The number of sulfone groups is 1. The van der Waals surface area contributed by atoms with Crippen molar-refractivity contribution in [1.29, 1.82) is 0 Å². The van der Waals surface area contributed by atoms with Gasteiger partial charge in [0.05, 0.1) is 11.3 Å². The van der Waals surface area contributed by atoms with Crippen LogP contribution >= 0.6 is 0 Å². The molecule has 0 amide bonds. The van der Waals surface area contributed by atoms with Crippen molar-refractivity contribution in [2.75, 3.05) is 23.9 Å². The van der Waals surface area contributed by atoms with Gasteiger partial charge in [0.25, 0.3) is 0 Å². The Balaban J connectivity index is 1.93. The first-order valence-electron chi connectivity index (χ1n) is 8.13. The van der Waals surface area contributed by atoms with Crippen LogP contribution in [0.15, 0.2) is 24.3 Å². The first kappa shape index (κ1) is 16.2. The van der Waals surface area contributed by atoms with E-state index in [9.17, 15) is 8.42 Å². The molecule has 0 unspecified atom stereocenters. The molecule has 23 heavy (non-hydrogen) atoms. The minimum absolute atomic E-state index is 0.0864. The molecule has 1 aliphatic carbocycles. The van der Waals surface area contributed by atoms with Crippen LogP contribution in [0.25, 0.3) is 10.9 Å². The molecule has 0 aliphatic heterocycles. The predicted octanol–water partition coefficient (Wildman–Crippen LogP) is 3.34. The zero-order valence-corrected chi connectivity index (χ0v) is 14.8. The fraction of sp³-hybridized carbons (Fsp3) is 0.500. The van der Waals surface area contributed by atoms with E-state index in [2.05, 4.69) is 18.3 Å². The SMILES string of the molecule is CCc1c(C)nc2ccccc2c1NCC1(CS(C)(=O)=O)CC1. The van der Waals surface area contributed by atoms with Crippen molar-refractivity contribution in [3.05, 3.63) is 35.5 Å². The standard InChI is InChI=1S/C18H24N2O2S/c1-4-14-13(2)20-16-8-6-5-7-15(16)17(14)19-11-18(9-10-18)12-23(3,21)22/h5-8H,4,9-12H2,1-3H3,(H,19,20). The lowest BCUT2D eigenvalue weighted by Gasteiger charge is -2.20. The van der Waals surface area contributed by atoms with E-state index < -0.39 is 9.84 Å². The van der Waals surface area contributed by atoms with Crippen molar-refractivity contribution in [2.24, 2.45) is 5.41 Å². The van der Waals surface area contributed by atoms with Gasteiger partial charge in [0.1, 0.15) is 9.84 Å². The summed E-state index contributed by atoms with van der Waals surface area (Å²) in [5.41, 5.74) is 4.28. The molecule has 2 aromatic rings. The maximum atomic E-state index is 11.7. The van der Waals surface area contributed by atoms with Crippen LogP contribution < -0.4 is 5.32 Å². The van der Waals surface area contributed by atoms with Crippen LogP contribution in [0.5, 0.6) is 0 Å². The predicted molar refractivity (Wildman–Crippen MR) is 95.7 cm³/mol. The van der Waals surface area contributed by atoms with E-state index in [1.165, 1.54) is 11.8 Å². The van der Waals surface area contributed by atoms with Crippen molar-refractivity contribution in [3.63, 3.8) is 0 Å². The van der Waals surface area contributed by atoms with E-state index >= 15 is 0 Å². The number of para-hydroxylation sites is 1. The van der Waals surface area contributed by atoms with Crippen LogP contribution in [-0.2, 0) is 16.3 Å². The van der Waals surface area contributed by atoms with Gasteiger partial charge in [-0.1, -0.05) is 25.1 Å². The van der Waals surface area contributed by atoms with E-state index in [1.54, 1.807) is 0 Å². The molecule has 1 fully saturated rings. The van der Waals surface area contributed by atoms with E-state index in [0.717, 1.165) is 41.5 Å². The number of anilines is 1. The summed E-state index contributed by atoms with van der Waals surface area (Å²) in [4.78, 5) is 4.69. The average molecular weight is 332 g/mol. The average Bonchev–Trinajstić information content (AvgIpc) is 3.22. The third-order valence-corrected chi connectivity index (χ3v) is 5.86. The number of pyridine rings is 1. The van der Waals surface area contributed by atoms with Crippen LogP contribution in [-0.4, -0.2) is 32.0 Å². The lowest BCUT2D eigenvalue weighted by molar-refractivity contribution is 0.561. The molecule has 4 nitrogen and oxygen atoms in total. The third-order valence-electron chi connectivity index (χ3n) is 4.72. The fourth-order valence-corrected chi connectivity index (χ4v) is 4.89. The van der Waals surface area contributed by atoms with Crippen molar-refractivity contribution in [3.8, 4) is 0 Å². The summed E-state index contributed by atoms with van der Waals surface area (Å²) < 4.78 is 23.3. The normalized spacial score (nSPS) is 16.5. The second-order valence-corrected chi connectivity index (χ2v) is 8.99. The monoisotopic (exact) mass is 332 g/mol. The Morgan fingerprint density at radius 3 is 2.57 bits per heavy atom. The van der Waals surface area contributed by atoms with Crippen LogP contribution in [0, 0.1) is 12.3 Å². The molecule has 1 heterocycles. The highest BCUT2D eigenvalue weighted by Gasteiger charge is 2.45. The maximum absolute atomic E-state index is 11.7. The lowest BCUT2D eigenvalue weighted by Crippen LogP contribution is -2.24. The van der Waals surface area contributed by atoms with Crippen LogP contribution in [0.1, 0.15) is 31.0 Å². The summed E-state index contributed by atoms with van der Waals surface area (Å²) in [6.45, 7) is 4.88. The number of hydrogen-bond acceptors (Lipinski definition) is 4. The van der Waals surface area contributed by atoms with Crippen molar-refractivity contribution < 1.29 is 8.42 Å². The highest BCUT2D eigenvalue weighted by Crippen LogP contribution is 2.47. The number of nitrogens with one attached hydrogen (secondary N) is 1. The Hall–Kier alpha value is -1.62. The molecule has 124 valence electrons. The summed E-state index contributed by atoms with van der Waals surface area (Å²) in [7, 11) is -2.94. The van der Waals surface area contributed by atoms with Crippen molar-refractivity contribution in [2.45, 2.75) is 33.1 Å². The Bertz CT molecular complexity index is 839. The number of nitrogens with zero attached hydrogens (tertiary/aromatic N) is 1. The Kier molecular flexibility index (Phi) is 4.08. The minimum atomic E-state index is -2.94. The van der Waals surface area contributed by atoms with Crippen molar-refractivity contribution in [1.82, 2.24) is 4.98 Å². The number of fused-ring (bicyclic) bond motifs is 1. The van der Waals surface area contributed by atoms with Gasteiger partial charge in [0, 0.05) is 35.0 Å². The van der Waals surface area contributed by atoms with Crippen LogP contribution in [0.4, 0.5) is 5.69 Å². The fourth-order valence-electron chi connectivity index (χ4n) is 3.39. The second kappa shape index (κ2) is 5.78. The Labute approximate surface area is 138 Å². The molecule has 0 spiro atoms. The molecule has 3 rings (SSSR count). The second-order valence-electron chi connectivity index (χ2n) is 6.85. The Morgan fingerprint density at radius 1 is 1.26 bits per heavy atom. The minimum Gasteiger partial charge on any atom is -0.384 e. The van der Waals surface area contributed by atoms with E-state index in [4.69, 9.17) is 4.98 Å². The van der Waals surface area contributed by atoms with Gasteiger partial charge in [-0.2, -0.15) is 0 Å². The quantitative estimate of drug-likeness (QED) is 0.881. The molecule has 5 heteroatoms. The summed E-state index contributed by atoms with van der Waals surface area (Å²) in [5, 5.41) is 4.68. The summed E-state index contributed by atoms with van der Waals surface area (Å²) in [6, 6.07) is 8.12. The number of rotatable bonds is 6. The topological polar surface area (TPSA) is 59.1 Å². The maximum Gasteiger partial charge on any atom is 0.148 e. The molecule has 0 atom stereocenters. The van der Waals surface area contributed by atoms with Gasteiger partial charge in [0.2, 0.25) is 0 Å². The first-order valence-corrected chi connectivity index (χ1v) is 10.2. The number of hydrogen-bond donors (Lipinski definition) is 1. The molecule has 1 aliphatic rings. The van der Waals surface area contributed by atoms with Crippen LogP contribution in [0.2, 0.25) is 0 Å². The smallest absolute Gasteiger partial charge is 0.148 e. The van der Waals surface area contributed by atoms with Crippen molar-refractivity contribution >= 4 is 26.4 Å². The lowest BCUT2D eigenvalue weighted by atomic mass is 10.0. The molecule has 0 radical (unpaired) electrons. The summed E-state index contributed by atoms with van der Waals surface area (Å²) in [6.07, 6.45) is 4.20. The van der Waals surface area contributed by atoms with Gasteiger partial charge < -0.3 is 5.32 Å². The first-order chi connectivity index (χ1) is 10.8. The highest BCUT2D eigenvalue weighted by atomic mass is 32.2. The number of aryl methyl sites for hydroxylation is 1. The number of benzene rings is 1. The Morgan fingerprint density at radius 2 is 1.96 bits per heavy atom. The third kappa shape index (κ3) is 3.50. The van der Waals surface area contributed by atoms with Gasteiger partial charge in [-0.05, 0) is 37.8 Å². The molecule has 0 bridgehead atoms. The molecule has 1 aromatic heterocycles. The molecule has 1 aromatic carbocycles. The zero-order chi connectivity index (χ0) is 16.7. The van der Waals surface area contributed by atoms with Gasteiger partial charge in [0.15, 0.2) is 0 Å². The molecular weight excluding hydrogens is 308 g/mol. The molecule has 0 saturated heterocycles. The highest BCUT2D eigenvalue weighted by molar-refractivity contribution is 7.90. The molecule has 1 N–H and O–H groups in total. The van der Waals surface area contributed by atoms with E-state index in [1.807, 2.05) is 25.1 Å².